The summed E-state index contributed by atoms with van der Waals surface area (Å²) in [5, 5.41) is 11.4. The molecular weight excluding hydrogens is 511 g/mol. The lowest BCUT2D eigenvalue weighted by Crippen LogP contribution is -2.37. The molecule has 1 fully saturated rings. The van der Waals surface area contributed by atoms with Crippen molar-refractivity contribution >= 4 is 40.6 Å². The van der Waals surface area contributed by atoms with Gasteiger partial charge in [0.2, 0.25) is 11.9 Å². The SMILES string of the molecule is CNC(=O)c1ccccc1Nc1nc(Nc2ccc3c(c2)CC(=O)N3CC2CCNCC2)ncc1C(F)(F)F. The molecule has 3 aromatic rings. The van der Waals surface area contributed by atoms with Gasteiger partial charge < -0.3 is 26.2 Å². The van der Waals surface area contributed by atoms with E-state index in [1.54, 1.807) is 24.3 Å². The van der Waals surface area contributed by atoms with Gasteiger partial charge in [-0.15, -0.1) is 0 Å². The molecule has 5 rings (SSSR count). The van der Waals surface area contributed by atoms with Gasteiger partial charge in [-0.3, -0.25) is 9.59 Å². The van der Waals surface area contributed by atoms with E-state index in [4.69, 9.17) is 0 Å². The molecule has 1 saturated heterocycles. The van der Waals surface area contributed by atoms with Crippen LogP contribution >= 0.6 is 0 Å². The zero-order chi connectivity index (χ0) is 27.6. The monoisotopic (exact) mass is 539 g/mol. The van der Waals surface area contributed by atoms with Crippen molar-refractivity contribution in [1.82, 2.24) is 20.6 Å². The lowest BCUT2D eigenvalue weighted by molar-refractivity contribution is -0.137. The van der Waals surface area contributed by atoms with E-state index in [1.807, 2.05) is 11.0 Å². The Balaban J connectivity index is 1.39. The minimum Gasteiger partial charge on any atom is -0.355 e. The Morgan fingerprint density at radius 3 is 2.64 bits per heavy atom. The van der Waals surface area contributed by atoms with Crippen molar-refractivity contribution in [2.75, 3.05) is 42.2 Å². The van der Waals surface area contributed by atoms with Crippen LogP contribution < -0.4 is 26.2 Å². The molecule has 0 radical (unpaired) electrons. The lowest BCUT2D eigenvalue weighted by Gasteiger charge is -2.28. The summed E-state index contributed by atoms with van der Waals surface area (Å²) >= 11 is 0. The number of hydrogen-bond acceptors (Lipinski definition) is 7. The van der Waals surface area contributed by atoms with Gasteiger partial charge in [0.25, 0.3) is 5.91 Å². The molecule has 204 valence electrons. The Morgan fingerprint density at radius 2 is 1.90 bits per heavy atom. The summed E-state index contributed by atoms with van der Waals surface area (Å²) in [7, 11) is 1.43. The van der Waals surface area contributed by atoms with Crippen LogP contribution in [-0.2, 0) is 17.4 Å². The quantitative estimate of drug-likeness (QED) is 0.356. The van der Waals surface area contributed by atoms with Crippen LogP contribution in [0.5, 0.6) is 0 Å². The van der Waals surface area contributed by atoms with E-state index in [0.717, 1.165) is 37.2 Å². The molecule has 0 spiro atoms. The lowest BCUT2D eigenvalue weighted by atomic mass is 9.97. The molecule has 4 N–H and O–H groups in total. The largest absolute Gasteiger partial charge is 0.421 e. The minimum absolute atomic E-state index is 0.0349. The molecule has 3 heterocycles. The van der Waals surface area contributed by atoms with Gasteiger partial charge in [0, 0.05) is 31.2 Å². The molecule has 0 aliphatic carbocycles. The highest BCUT2D eigenvalue weighted by Gasteiger charge is 2.36. The predicted molar refractivity (Wildman–Crippen MR) is 142 cm³/mol. The molecule has 2 aromatic carbocycles. The average Bonchev–Trinajstić information content (AvgIpc) is 3.22. The van der Waals surface area contributed by atoms with Crippen molar-refractivity contribution in [3.05, 3.63) is 65.4 Å². The van der Waals surface area contributed by atoms with E-state index in [0.29, 0.717) is 24.3 Å². The third-order valence-electron chi connectivity index (χ3n) is 6.91. The molecule has 12 heteroatoms. The normalized spacial score (nSPS) is 15.7. The van der Waals surface area contributed by atoms with E-state index in [-0.39, 0.29) is 29.5 Å². The highest BCUT2D eigenvalue weighted by molar-refractivity contribution is 6.02. The molecule has 0 saturated carbocycles. The van der Waals surface area contributed by atoms with Crippen LogP contribution in [0.25, 0.3) is 0 Å². The molecule has 0 unspecified atom stereocenters. The summed E-state index contributed by atoms with van der Waals surface area (Å²) in [5.41, 5.74) is 1.49. The number of para-hydroxylation sites is 1. The van der Waals surface area contributed by atoms with Gasteiger partial charge in [0.15, 0.2) is 0 Å². The number of carbonyl (C=O) groups excluding carboxylic acids is 2. The van der Waals surface area contributed by atoms with Crippen LogP contribution in [-0.4, -0.2) is 48.5 Å². The second-order valence-electron chi connectivity index (χ2n) is 9.55. The van der Waals surface area contributed by atoms with Crippen LogP contribution in [0.15, 0.2) is 48.7 Å². The van der Waals surface area contributed by atoms with Gasteiger partial charge in [-0.05, 0) is 67.7 Å². The minimum atomic E-state index is -4.73. The number of benzene rings is 2. The second-order valence-corrected chi connectivity index (χ2v) is 9.55. The topological polar surface area (TPSA) is 111 Å². The van der Waals surface area contributed by atoms with Crippen molar-refractivity contribution < 1.29 is 22.8 Å². The number of amides is 2. The molecular formula is C27H28F3N7O2. The Bertz CT molecular complexity index is 1390. The fraction of sp³-hybridized carbons (Fsp3) is 0.333. The molecule has 39 heavy (non-hydrogen) atoms. The van der Waals surface area contributed by atoms with Crippen LogP contribution in [0, 0.1) is 5.92 Å². The number of carbonyl (C=O) groups is 2. The molecule has 2 amide bonds. The van der Waals surface area contributed by atoms with Crippen LogP contribution in [0.3, 0.4) is 0 Å². The van der Waals surface area contributed by atoms with Gasteiger partial charge in [0.1, 0.15) is 11.4 Å². The first kappa shape index (κ1) is 26.4. The molecule has 9 nitrogen and oxygen atoms in total. The highest BCUT2D eigenvalue weighted by Crippen LogP contribution is 2.37. The zero-order valence-electron chi connectivity index (χ0n) is 21.2. The van der Waals surface area contributed by atoms with Crippen LogP contribution in [0.4, 0.5) is 42.0 Å². The fourth-order valence-corrected chi connectivity index (χ4v) is 4.91. The molecule has 0 atom stereocenters. The maximum atomic E-state index is 13.8. The van der Waals surface area contributed by atoms with Crippen molar-refractivity contribution in [2.24, 2.45) is 5.92 Å². The van der Waals surface area contributed by atoms with Crippen molar-refractivity contribution in [2.45, 2.75) is 25.4 Å². The summed E-state index contributed by atoms with van der Waals surface area (Å²) < 4.78 is 41.3. The van der Waals surface area contributed by atoms with E-state index >= 15 is 0 Å². The Morgan fingerprint density at radius 1 is 1.13 bits per heavy atom. The van der Waals surface area contributed by atoms with Crippen molar-refractivity contribution in [3.63, 3.8) is 0 Å². The molecule has 0 bridgehead atoms. The summed E-state index contributed by atoms with van der Waals surface area (Å²) in [6.07, 6.45) is -1.73. The van der Waals surface area contributed by atoms with Crippen molar-refractivity contribution in [3.8, 4) is 0 Å². The number of aromatic nitrogens is 2. The Hall–Kier alpha value is -4.19. The standard InChI is InChI=1S/C27H28F3N7O2/c1-31-25(39)19-4-2-3-5-21(19)35-24-20(27(28,29)30)14-33-26(36-24)34-18-6-7-22-17(12-18)13-23(38)37(22)15-16-8-10-32-11-9-16/h2-7,12,14,16,32H,8-11,13,15H2,1H3,(H,31,39)(H2,33,34,35,36). The highest BCUT2D eigenvalue weighted by atomic mass is 19.4. The number of fused-ring (bicyclic) bond motifs is 1. The van der Waals surface area contributed by atoms with Crippen LogP contribution in [0.2, 0.25) is 0 Å². The second kappa shape index (κ2) is 10.9. The number of rotatable bonds is 7. The number of hydrogen-bond donors (Lipinski definition) is 4. The smallest absolute Gasteiger partial charge is 0.355 e. The molecule has 2 aliphatic rings. The first-order valence-corrected chi connectivity index (χ1v) is 12.7. The van der Waals surface area contributed by atoms with Gasteiger partial charge in [0.05, 0.1) is 17.7 Å². The summed E-state index contributed by atoms with van der Waals surface area (Å²) in [4.78, 5) is 34.7. The van der Waals surface area contributed by atoms with E-state index in [1.165, 1.54) is 19.2 Å². The third kappa shape index (κ3) is 5.80. The van der Waals surface area contributed by atoms with Gasteiger partial charge >= 0.3 is 6.18 Å². The average molecular weight is 540 g/mol. The summed E-state index contributed by atoms with van der Waals surface area (Å²) in [5.74, 6) is -0.549. The first-order valence-electron chi connectivity index (χ1n) is 12.7. The van der Waals surface area contributed by atoms with Gasteiger partial charge in [-0.25, -0.2) is 4.98 Å². The Kier molecular flexibility index (Phi) is 7.38. The van der Waals surface area contributed by atoms with E-state index in [2.05, 4.69) is 31.2 Å². The van der Waals surface area contributed by atoms with E-state index < -0.39 is 23.5 Å². The van der Waals surface area contributed by atoms with Gasteiger partial charge in [-0.2, -0.15) is 18.2 Å². The summed E-state index contributed by atoms with van der Waals surface area (Å²) in [6.45, 7) is 2.57. The predicted octanol–water partition coefficient (Wildman–Crippen LogP) is 4.23. The number of halogens is 3. The first-order chi connectivity index (χ1) is 18.7. The number of nitrogens with zero attached hydrogens (tertiary/aromatic N) is 3. The van der Waals surface area contributed by atoms with Crippen LogP contribution in [0.1, 0.15) is 34.3 Å². The summed E-state index contributed by atoms with van der Waals surface area (Å²) in [6, 6.07) is 11.6. The fourth-order valence-electron chi connectivity index (χ4n) is 4.91. The van der Waals surface area contributed by atoms with Gasteiger partial charge in [-0.1, -0.05) is 12.1 Å². The molecule has 1 aromatic heterocycles. The number of nitrogens with one attached hydrogen (secondary N) is 4. The number of alkyl halides is 3. The number of anilines is 5. The van der Waals surface area contributed by atoms with Crippen molar-refractivity contribution in [1.29, 1.82) is 0 Å². The maximum Gasteiger partial charge on any atom is 0.421 e. The molecule has 2 aliphatic heterocycles. The third-order valence-corrected chi connectivity index (χ3v) is 6.91. The Labute approximate surface area is 223 Å². The number of piperidine rings is 1. The van der Waals surface area contributed by atoms with E-state index in [9.17, 15) is 22.8 Å². The zero-order valence-corrected chi connectivity index (χ0v) is 21.2. The maximum absolute atomic E-state index is 13.8.